The van der Waals surface area contributed by atoms with Crippen molar-refractivity contribution in [2.45, 2.75) is 37.4 Å². The van der Waals surface area contributed by atoms with E-state index in [-0.39, 0.29) is 16.9 Å². The van der Waals surface area contributed by atoms with Crippen molar-refractivity contribution in [2.75, 3.05) is 5.32 Å². The highest BCUT2D eigenvalue weighted by Crippen LogP contribution is 2.40. The second-order valence-corrected chi connectivity index (χ2v) is 9.80. The maximum atomic E-state index is 15.0. The molecule has 0 bridgehead atoms. The third-order valence-corrected chi connectivity index (χ3v) is 6.95. The average Bonchev–Trinajstić information content (AvgIpc) is 3.67. The Morgan fingerprint density at radius 3 is 2.55 bits per heavy atom. The number of carbonyl (C=O) groups excluding carboxylic acids is 1. The Morgan fingerprint density at radius 1 is 1.07 bits per heavy atom. The van der Waals surface area contributed by atoms with Crippen LogP contribution >= 0.6 is 0 Å². The van der Waals surface area contributed by atoms with Crippen molar-refractivity contribution in [3.05, 3.63) is 107 Å². The second kappa shape index (κ2) is 10.5. The Bertz CT molecular complexity index is 1590. The summed E-state index contributed by atoms with van der Waals surface area (Å²) in [5.74, 6) is -1.26. The molecule has 0 spiro atoms. The number of pyridine rings is 1. The molecule has 0 saturated heterocycles. The standard InChI is InChI=1S/C29H24F4N6O/c30-22-10-9-20(28(35,12-11-18-7-8-18)25-6-1-2-13-36-25)15-23(22)37-27(40)24-16-26(29(31,32)33)38-39(24)21-5-3-4-19(14-21)17-34/h1-6,9-10,13-16,18H,7-8,11-12,35H2,(H,37,40). The third kappa shape index (κ3) is 5.58. The monoisotopic (exact) mass is 548 g/mol. The molecule has 1 fully saturated rings. The molecule has 2 heterocycles. The van der Waals surface area contributed by atoms with Crippen molar-refractivity contribution in [3.63, 3.8) is 0 Å². The second-order valence-electron chi connectivity index (χ2n) is 9.80. The molecule has 1 atom stereocenters. The van der Waals surface area contributed by atoms with E-state index in [1.807, 2.05) is 6.07 Å². The van der Waals surface area contributed by atoms with Crippen molar-refractivity contribution in [1.29, 1.82) is 5.26 Å². The van der Waals surface area contributed by atoms with Crippen LogP contribution in [0.2, 0.25) is 0 Å². The molecule has 0 aliphatic heterocycles. The number of halogens is 4. The summed E-state index contributed by atoms with van der Waals surface area (Å²) >= 11 is 0. The zero-order valence-electron chi connectivity index (χ0n) is 21.1. The first-order valence-electron chi connectivity index (χ1n) is 12.6. The lowest BCUT2D eigenvalue weighted by Gasteiger charge is -2.30. The van der Waals surface area contributed by atoms with Crippen LogP contribution in [0.1, 0.15) is 58.7 Å². The quantitative estimate of drug-likeness (QED) is 0.265. The molecule has 3 N–H and O–H groups in total. The van der Waals surface area contributed by atoms with Crippen LogP contribution in [0.3, 0.4) is 0 Å². The number of carbonyl (C=O) groups is 1. The summed E-state index contributed by atoms with van der Waals surface area (Å²) in [5.41, 5.74) is 5.03. The fourth-order valence-electron chi connectivity index (χ4n) is 4.56. The number of amides is 1. The fraction of sp³-hybridized carbons (Fsp3) is 0.241. The Balaban J connectivity index is 1.52. The summed E-state index contributed by atoms with van der Waals surface area (Å²) in [7, 11) is 0. The number of hydrogen-bond donors (Lipinski definition) is 2. The predicted octanol–water partition coefficient (Wildman–Crippen LogP) is 5.94. The van der Waals surface area contributed by atoms with Crippen molar-refractivity contribution in [2.24, 2.45) is 11.7 Å². The topological polar surface area (TPSA) is 110 Å². The van der Waals surface area contributed by atoms with Gasteiger partial charge in [-0.2, -0.15) is 23.5 Å². The molecule has 1 aliphatic carbocycles. The molecular formula is C29H24F4N6O. The van der Waals surface area contributed by atoms with Gasteiger partial charge in [-0.3, -0.25) is 9.78 Å². The molecule has 5 rings (SSSR count). The van der Waals surface area contributed by atoms with E-state index in [0.717, 1.165) is 30.0 Å². The fourth-order valence-corrected chi connectivity index (χ4v) is 4.56. The van der Waals surface area contributed by atoms with Gasteiger partial charge in [0.2, 0.25) is 0 Å². The van der Waals surface area contributed by atoms with Crippen LogP contribution in [-0.4, -0.2) is 20.7 Å². The van der Waals surface area contributed by atoms with E-state index in [1.54, 1.807) is 24.4 Å². The molecule has 2 aromatic heterocycles. The number of anilines is 1. The Kier molecular flexibility index (Phi) is 7.12. The van der Waals surface area contributed by atoms with Gasteiger partial charge in [-0.25, -0.2) is 9.07 Å². The summed E-state index contributed by atoms with van der Waals surface area (Å²) in [6.07, 6.45) is 0.377. The minimum absolute atomic E-state index is 0.0603. The average molecular weight is 549 g/mol. The molecular weight excluding hydrogens is 524 g/mol. The molecule has 0 radical (unpaired) electrons. The van der Waals surface area contributed by atoms with E-state index in [0.29, 0.717) is 29.7 Å². The Morgan fingerprint density at radius 2 is 1.88 bits per heavy atom. The molecule has 7 nitrogen and oxygen atoms in total. The summed E-state index contributed by atoms with van der Waals surface area (Å²) in [4.78, 5) is 17.7. The summed E-state index contributed by atoms with van der Waals surface area (Å²) in [5, 5.41) is 15.1. The summed E-state index contributed by atoms with van der Waals surface area (Å²) < 4.78 is 56.4. The van der Waals surface area contributed by atoms with Crippen LogP contribution in [0.5, 0.6) is 0 Å². The van der Waals surface area contributed by atoms with Crippen molar-refractivity contribution in [3.8, 4) is 11.8 Å². The van der Waals surface area contributed by atoms with Gasteiger partial charge in [0.25, 0.3) is 5.91 Å². The van der Waals surface area contributed by atoms with Gasteiger partial charge in [0, 0.05) is 12.3 Å². The highest BCUT2D eigenvalue weighted by atomic mass is 19.4. The van der Waals surface area contributed by atoms with Crippen LogP contribution < -0.4 is 11.1 Å². The number of aromatic nitrogens is 3. The minimum Gasteiger partial charge on any atom is -0.318 e. The highest BCUT2D eigenvalue weighted by molar-refractivity contribution is 6.03. The Hall–Kier alpha value is -4.56. The van der Waals surface area contributed by atoms with E-state index in [2.05, 4.69) is 15.4 Å². The van der Waals surface area contributed by atoms with E-state index in [4.69, 9.17) is 5.73 Å². The van der Waals surface area contributed by atoms with Gasteiger partial charge in [0.05, 0.1) is 34.2 Å². The van der Waals surface area contributed by atoms with Gasteiger partial charge < -0.3 is 11.1 Å². The smallest absolute Gasteiger partial charge is 0.318 e. The van der Waals surface area contributed by atoms with Gasteiger partial charge in [-0.05, 0) is 66.8 Å². The van der Waals surface area contributed by atoms with Crippen LogP contribution in [0, 0.1) is 23.1 Å². The van der Waals surface area contributed by atoms with E-state index in [9.17, 15) is 27.6 Å². The van der Waals surface area contributed by atoms with Crippen LogP contribution in [-0.2, 0) is 11.7 Å². The summed E-state index contributed by atoms with van der Waals surface area (Å²) in [6, 6.07) is 17.5. The van der Waals surface area contributed by atoms with Crippen molar-refractivity contribution >= 4 is 11.6 Å². The molecule has 1 saturated carbocycles. The lowest BCUT2D eigenvalue weighted by molar-refractivity contribution is -0.141. The first-order valence-corrected chi connectivity index (χ1v) is 12.6. The van der Waals surface area contributed by atoms with Crippen LogP contribution in [0.15, 0.2) is 72.9 Å². The van der Waals surface area contributed by atoms with Crippen LogP contribution in [0.4, 0.5) is 23.2 Å². The molecule has 1 unspecified atom stereocenters. The number of hydrogen-bond acceptors (Lipinski definition) is 5. The molecule has 1 aliphatic rings. The molecule has 40 heavy (non-hydrogen) atoms. The van der Waals surface area contributed by atoms with Gasteiger partial charge in [0.15, 0.2) is 5.69 Å². The number of rotatable bonds is 8. The van der Waals surface area contributed by atoms with Crippen molar-refractivity contribution in [1.82, 2.24) is 14.8 Å². The Labute approximate surface area is 227 Å². The number of nitrogens with one attached hydrogen (secondary N) is 1. The largest absolute Gasteiger partial charge is 0.435 e. The van der Waals surface area contributed by atoms with Crippen molar-refractivity contribution < 1.29 is 22.4 Å². The summed E-state index contributed by atoms with van der Waals surface area (Å²) in [6.45, 7) is 0. The maximum Gasteiger partial charge on any atom is 0.435 e. The number of benzene rings is 2. The van der Waals surface area contributed by atoms with E-state index >= 15 is 0 Å². The van der Waals surface area contributed by atoms with Gasteiger partial charge in [0.1, 0.15) is 11.5 Å². The zero-order chi connectivity index (χ0) is 28.5. The normalized spacial score (nSPS) is 14.8. The van der Waals surface area contributed by atoms with E-state index in [1.165, 1.54) is 36.4 Å². The predicted molar refractivity (Wildman–Crippen MR) is 139 cm³/mol. The molecule has 11 heteroatoms. The molecule has 4 aromatic rings. The number of nitrogens with two attached hydrogens (primary N) is 1. The van der Waals surface area contributed by atoms with Gasteiger partial charge in [-0.1, -0.05) is 31.0 Å². The van der Waals surface area contributed by atoms with Gasteiger partial charge in [-0.15, -0.1) is 0 Å². The van der Waals surface area contributed by atoms with Gasteiger partial charge >= 0.3 is 6.18 Å². The SMILES string of the molecule is N#Cc1cccc(-n2nc(C(F)(F)F)cc2C(=O)Nc2cc(C(N)(CCC3CC3)c3ccccn3)ccc2F)c1. The number of nitrogens with zero attached hydrogens (tertiary/aromatic N) is 4. The first-order chi connectivity index (χ1) is 19.1. The molecule has 204 valence electrons. The zero-order valence-corrected chi connectivity index (χ0v) is 21.1. The number of nitriles is 1. The highest BCUT2D eigenvalue weighted by Gasteiger charge is 2.37. The minimum atomic E-state index is -4.85. The molecule has 1 amide bonds. The van der Waals surface area contributed by atoms with E-state index < -0.39 is 34.8 Å². The first kappa shape index (κ1) is 27.0. The maximum absolute atomic E-state index is 15.0. The lowest BCUT2D eigenvalue weighted by Crippen LogP contribution is -2.39. The lowest BCUT2D eigenvalue weighted by atomic mass is 9.82. The number of alkyl halides is 3. The molecule has 2 aromatic carbocycles. The van der Waals surface area contributed by atoms with Crippen LogP contribution in [0.25, 0.3) is 5.69 Å². The third-order valence-electron chi connectivity index (χ3n) is 6.95.